The van der Waals surface area contributed by atoms with Gasteiger partial charge in [-0.15, -0.1) is 0 Å². The summed E-state index contributed by atoms with van der Waals surface area (Å²) in [5.41, 5.74) is 6.58. The summed E-state index contributed by atoms with van der Waals surface area (Å²) in [4.78, 5) is 34.6. The first-order valence-electron chi connectivity index (χ1n) is 9.80. The van der Waals surface area contributed by atoms with E-state index in [4.69, 9.17) is 10.5 Å². The smallest absolute Gasteiger partial charge is 0.338 e. The summed E-state index contributed by atoms with van der Waals surface area (Å²) in [6.45, 7) is 7.46. The van der Waals surface area contributed by atoms with E-state index in [1.807, 2.05) is 26.1 Å². The minimum Gasteiger partial charge on any atom is -0.449 e. The lowest BCUT2D eigenvalue weighted by molar-refractivity contribution is -0.127. The summed E-state index contributed by atoms with van der Waals surface area (Å²) in [7, 11) is -3.71. The highest BCUT2D eigenvalue weighted by Gasteiger charge is 2.20. The number of sulfonamides is 1. The molecule has 0 radical (unpaired) electrons. The van der Waals surface area contributed by atoms with Crippen molar-refractivity contribution in [1.29, 1.82) is 0 Å². The van der Waals surface area contributed by atoms with Crippen LogP contribution in [0.15, 0.2) is 53.4 Å². The summed E-state index contributed by atoms with van der Waals surface area (Å²) in [6.07, 6.45) is -1.22. The molecule has 32 heavy (non-hydrogen) atoms. The molecular formula is C22H27N3O6S. The number of ether oxygens (including phenoxy) is 1. The molecule has 1 unspecified atom stereocenters. The number of urea groups is 1. The van der Waals surface area contributed by atoms with Crippen molar-refractivity contribution < 1.29 is 27.5 Å². The van der Waals surface area contributed by atoms with E-state index in [9.17, 15) is 22.8 Å². The van der Waals surface area contributed by atoms with Gasteiger partial charge in [-0.1, -0.05) is 45.0 Å². The second kappa shape index (κ2) is 9.92. The maximum atomic E-state index is 12.5. The Morgan fingerprint density at radius 2 is 1.56 bits per heavy atom. The summed E-state index contributed by atoms with van der Waals surface area (Å²) in [5, 5.41) is 1.82. The Morgan fingerprint density at radius 1 is 1.00 bits per heavy atom. The molecule has 0 aliphatic heterocycles. The number of hydrogen-bond donors (Lipinski definition) is 3. The van der Waals surface area contributed by atoms with Gasteiger partial charge in [-0.2, -0.15) is 0 Å². The van der Waals surface area contributed by atoms with E-state index in [1.165, 1.54) is 19.1 Å². The second-order valence-electron chi connectivity index (χ2n) is 8.20. The molecule has 4 N–H and O–H groups in total. The van der Waals surface area contributed by atoms with Crippen LogP contribution in [0.3, 0.4) is 0 Å². The maximum absolute atomic E-state index is 12.5. The van der Waals surface area contributed by atoms with Crippen LogP contribution < -0.4 is 15.8 Å². The van der Waals surface area contributed by atoms with E-state index in [0.29, 0.717) is 5.56 Å². The monoisotopic (exact) mass is 461 g/mol. The van der Waals surface area contributed by atoms with Gasteiger partial charge in [-0.25, -0.2) is 22.7 Å². The third kappa shape index (κ3) is 6.89. The number of primary amides is 1. The van der Waals surface area contributed by atoms with Crippen LogP contribution in [0.1, 0.15) is 49.2 Å². The normalized spacial score (nSPS) is 12.6. The Hall–Kier alpha value is -3.24. The largest absolute Gasteiger partial charge is 0.449 e. The van der Waals surface area contributed by atoms with E-state index in [-0.39, 0.29) is 22.4 Å². The minimum atomic E-state index is -3.71. The van der Waals surface area contributed by atoms with Gasteiger partial charge in [0.15, 0.2) is 6.10 Å². The number of hydrogen-bond acceptors (Lipinski definition) is 6. The van der Waals surface area contributed by atoms with Gasteiger partial charge in [-0.3, -0.25) is 10.1 Å². The fraction of sp³-hybridized carbons (Fsp3) is 0.318. The Morgan fingerprint density at radius 3 is 2.06 bits per heavy atom. The van der Waals surface area contributed by atoms with Gasteiger partial charge in [0.05, 0.1) is 10.5 Å². The molecule has 9 nitrogen and oxygen atoms in total. The first-order chi connectivity index (χ1) is 14.8. The van der Waals surface area contributed by atoms with Crippen molar-refractivity contribution in [1.82, 2.24) is 10.0 Å². The predicted molar refractivity (Wildman–Crippen MR) is 118 cm³/mol. The van der Waals surface area contributed by atoms with Crippen molar-refractivity contribution in [2.24, 2.45) is 5.73 Å². The molecule has 2 rings (SSSR count). The second-order valence-corrected chi connectivity index (χ2v) is 9.96. The average molecular weight is 462 g/mol. The molecule has 3 amide bonds. The Kier molecular flexibility index (Phi) is 7.76. The Bertz CT molecular complexity index is 1090. The van der Waals surface area contributed by atoms with Crippen LogP contribution >= 0.6 is 0 Å². The molecule has 1 atom stereocenters. The van der Waals surface area contributed by atoms with Crippen LogP contribution in [0.5, 0.6) is 0 Å². The number of imide groups is 1. The van der Waals surface area contributed by atoms with E-state index in [0.717, 1.165) is 5.56 Å². The van der Waals surface area contributed by atoms with Gasteiger partial charge in [0.1, 0.15) is 0 Å². The molecule has 172 valence electrons. The lowest BCUT2D eigenvalue weighted by Crippen LogP contribution is -2.42. The number of benzene rings is 2. The van der Waals surface area contributed by atoms with Crippen molar-refractivity contribution in [3.8, 4) is 0 Å². The predicted octanol–water partition coefficient (Wildman–Crippen LogP) is 2.20. The van der Waals surface area contributed by atoms with Crippen molar-refractivity contribution in [3.05, 3.63) is 65.2 Å². The molecule has 0 saturated heterocycles. The third-order valence-electron chi connectivity index (χ3n) is 4.59. The molecule has 0 heterocycles. The van der Waals surface area contributed by atoms with Gasteiger partial charge in [0.2, 0.25) is 10.0 Å². The molecule has 2 aromatic carbocycles. The summed E-state index contributed by atoms with van der Waals surface area (Å²) < 4.78 is 32.6. The molecule has 0 aliphatic rings. The fourth-order valence-corrected chi connectivity index (χ4v) is 3.68. The van der Waals surface area contributed by atoms with Crippen molar-refractivity contribution >= 4 is 27.9 Å². The van der Waals surface area contributed by atoms with Gasteiger partial charge in [-0.05, 0) is 47.7 Å². The molecule has 0 saturated carbocycles. The quantitative estimate of drug-likeness (QED) is 0.539. The van der Waals surface area contributed by atoms with Crippen molar-refractivity contribution in [2.75, 3.05) is 0 Å². The van der Waals surface area contributed by atoms with Gasteiger partial charge in [0, 0.05) is 6.54 Å². The zero-order valence-corrected chi connectivity index (χ0v) is 19.2. The van der Waals surface area contributed by atoms with Crippen molar-refractivity contribution in [3.63, 3.8) is 0 Å². The van der Waals surface area contributed by atoms with Crippen LogP contribution in [0.4, 0.5) is 4.79 Å². The van der Waals surface area contributed by atoms with E-state index < -0.39 is 34.0 Å². The first-order valence-corrected chi connectivity index (χ1v) is 11.3. The average Bonchev–Trinajstić information content (AvgIpc) is 2.71. The number of amides is 3. The molecule has 0 bridgehead atoms. The van der Waals surface area contributed by atoms with Gasteiger partial charge >= 0.3 is 12.0 Å². The Labute approximate surface area is 187 Å². The highest BCUT2D eigenvalue weighted by Crippen LogP contribution is 2.23. The van der Waals surface area contributed by atoms with E-state index >= 15 is 0 Å². The number of carbonyl (C=O) groups is 3. The maximum Gasteiger partial charge on any atom is 0.338 e. The minimum absolute atomic E-state index is 0.0239. The molecular weight excluding hydrogens is 434 g/mol. The number of esters is 1. The standard InChI is InChI=1S/C22H27N3O6S/c1-14(19(26)25-21(23)28)31-20(27)16-7-5-15(6-8-16)13-24-32(29,30)18-11-9-17(10-12-18)22(2,3)4/h5-12,14,24H,13H2,1-4H3,(H3,23,25,26,28). The number of nitrogens with one attached hydrogen (secondary N) is 2. The molecule has 0 aromatic heterocycles. The Balaban J connectivity index is 1.98. The summed E-state index contributed by atoms with van der Waals surface area (Å²) in [5.74, 6) is -1.62. The summed E-state index contributed by atoms with van der Waals surface area (Å²) in [6, 6.07) is 11.7. The lowest BCUT2D eigenvalue weighted by Gasteiger charge is -2.19. The van der Waals surface area contributed by atoms with Gasteiger partial charge in [0.25, 0.3) is 5.91 Å². The van der Waals surface area contributed by atoms with Crippen LogP contribution in [0.25, 0.3) is 0 Å². The lowest BCUT2D eigenvalue weighted by atomic mass is 9.87. The van der Waals surface area contributed by atoms with Crippen LogP contribution in [0, 0.1) is 0 Å². The molecule has 10 heteroatoms. The van der Waals surface area contributed by atoms with E-state index in [2.05, 4.69) is 4.72 Å². The van der Waals surface area contributed by atoms with Crippen LogP contribution in [-0.2, 0) is 31.5 Å². The van der Waals surface area contributed by atoms with Gasteiger partial charge < -0.3 is 10.5 Å². The molecule has 0 fully saturated rings. The molecule has 2 aromatic rings. The highest BCUT2D eigenvalue weighted by atomic mass is 32.2. The van der Waals surface area contributed by atoms with E-state index in [1.54, 1.807) is 36.4 Å². The zero-order chi connectivity index (χ0) is 24.1. The summed E-state index contributed by atoms with van der Waals surface area (Å²) >= 11 is 0. The highest BCUT2D eigenvalue weighted by molar-refractivity contribution is 7.89. The van der Waals surface area contributed by atoms with Crippen molar-refractivity contribution in [2.45, 2.75) is 50.7 Å². The number of nitrogens with two attached hydrogens (primary N) is 1. The molecule has 0 spiro atoms. The number of rotatable bonds is 7. The SMILES string of the molecule is CC(OC(=O)c1ccc(CNS(=O)(=O)c2ccc(C(C)(C)C)cc2)cc1)C(=O)NC(N)=O. The van der Waals surface area contributed by atoms with Crippen LogP contribution in [-0.4, -0.2) is 32.4 Å². The first kappa shape index (κ1) is 25.0. The number of carbonyl (C=O) groups excluding carboxylic acids is 3. The third-order valence-corrected chi connectivity index (χ3v) is 6.00. The molecule has 0 aliphatic carbocycles. The zero-order valence-electron chi connectivity index (χ0n) is 18.3. The van der Waals surface area contributed by atoms with Crippen LogP contribution in [0.2, 0.25) is 0 Å². The fourth-order valence-electron chi connectivity index (χ4n) is 2.66. The topological polar surface area (TPSA) is 145 Å².